The van der Waals surface area contributed by atoms with E-state index in [0.717, 1.165) is 33.9 Å². The van der Waals surface area contributed by atoms with E-state index >= 15 is 0 Å². The zero-order chi connectivity index (χ0) is 15.1. The first-order valence-corrected chi connectivity index (χ1v) is 7.01. The molecule has 0 radical (unpaired) electrons. The first-order valence-electron chi connectivity index (χ1n) is 7.01. The molecule has 0 atom stereocenters. The summed E-state index contributed by atoms with van der Waals surface area (Å²) in [7, 11) is 0. The summed E-state index contributed by atoms with van der Waals surface area (Å²) in [6.45, 7) is 2.27. The van der Waals surface area contributed by atoms with Crippen LogP contribution >= 0.6 is 0 Å². The van der Waals surface area contributed by atoms with E-state index in [2.05, 4.69) is 6.07 Å². The second kappa shape index (κ2) is 4.78. The summed E-state index contributed by atoms with van der Waals surface area (Å²) in [6.07, 6.45) is 2.26. The summed E-state index contributed by atoms with van der Waals surface area (Å²) in [6, 6.07) is 12.0. The number of nitriles is 1. The van der Waals surface area contributed by atoms with Crippen LogP contribution in [0.5, 0.6) is 11.5 Å². The van der Waals surface area contributed by atoms with E-state index in [-0.39, 0.29) is 6.79 Å². The number of aryl methyl sites for hydroxylation is 1. The third-order valence-corrected chi connectivity index (χ3v) is 3.77. The zero-order valence-electron chi connectivity index (χ0n) is 12.0. The molecule has 1 aliphatic heterocycles. The highest BCUT2D eigenvalue weighted by atomic mass is 16.7. The molecule has 0 saturated heterocycles. The van der Waals surface area contributed by atoms with Crippen LogP contribution in [0.25, 0.3) is 16.9 Å². The van der Waals surface area contributed by atoms with Crippen LogP contribution in [0.1, 0.15) is 11.3 Å². The third kappa shape index (κ3) is 1.89. The summed E-state index contributed by atoms with van der Waals surface area (Å²) in [5.74, 6) is 1.46. The molecule has 1 aliphatic rings. The van der Waals surface area contributed by atoms with Crippen molar-refractivity contribution in [1.82, 2.24) is 9.38 Å². The molecule has 0 N–H and O–H groups in total. The van der Waals surface area contributed by atoms with Crippen molar-refractivity contribution in [3.05, 3.63) is 47.8 Å². The lowest BCUT2D eigenvalue weighted by atomic mass is 10.1. The van der Waals surface area contributed by atoms with Crippen molar-refractivity contribution in [3.8, 4) is 28.8 Å². The maximum Gasteiger partial charge on any atom is 0.231 e. The summed E-state index contributed by atoms with van der Waals surface area (Å²) < 4.78 is 12.7. The molecule has 0 unspecified atom stereocenters. The predicted molar refractivity (Wildman–Crippen MR) is 80.8 cm³/mol. The average Bonchev–Trinajstić information content (AvgIpc) is 3.11. The van der Waals surface area contributed by atoms with E-state index < -0.39 is 0 Å². The van der Waals surface area contributed by atoms with Crippen LogP contribution < -0.4 is 9.47 Å². The van der Waals surface area contributed by atoms with Crippen LogP contribution in [0.3, 0.4) is 0 Å². The number of benzene rings is 1. The van der Waals surface area contributed by atoms with Gasteiger partial charge in [-0.1, -0.05) is 0 Å². The number of pyridine rings is 1. The van der Waals surface area contributed by atoms with Gasteiger partial charge < -0.3 is 13.9 Å². The standard InChI is InChI=1S/C17H13N3O2/c1-11-5-7-20-13(4-6-18)17(19-16(20)8-11)12-2-3-14-15(9-12)22-10-21-14/h2-3,5,7-9H,4,10H2,1H3. The van der Waals surface area contributed by atoms with Crippen LogP contribution in [0.4, 0.5) is 0 Å². The summed E-state index contributed by atoms with van der Waals surface area (Å²) in [5, 5.41) is 9.14. The number of ether oxygens (including phenoxy) is 2. The SMILES string of the molecule is Cc1ccn2c(CC#N)c(-c3ccc4c(c3)OCO4)nc2c1. The smallest absolute Gasteiger partial charge is 0.231 e. The monoisotopic (exact) mass is 291 g/mol. The first-order chi connectivity index (χ1) is 10.8. The van der Waals surface area contributed by atoms with E-state index in [1.54, 1.807) is 0 Å². The topological polar surface area (TPSA) is 59.5 Å². The van der Waals surface area contributed by atoms with Gasteiger partial charge in [0.15, 0.2) is 11.5 Å². The molecule has 22 heavy (non-hydrogen) atoms. The summed E-state index contributed by atoms with van der Waals surface area (Å²) >= 11 is 0. The zero-order valence-corrected chi connectivity index (χ0v) is 12.0. The average molecular weight is 291 g/mol. The maximum atomic E-state index is 9.14. The number of nitrogens with zero attached hydrogens (tertiary/aromatic N) is 3. The second-order valence-electron chi connectivity index (χ2n) is 5.24. The van der Waals surface area contributed by atoms with Crippen molar-refractivity contribution < 1.29 is 9.47 Å². The highest BCUT2D eigenvalue weighted by Crippen LogP contribution is 2.36. The molecule has 1 aromatic carbocycles. The van der Waals surface area contributed by atoms with Crippen LogP contribution in [0.2, 0.25) is 0 Å². The summed E-state index contributed by atoms with van der Waals surface area (Å²) in [4.78, 5) is 4.70. The lowest BCUT2D eigenvalue weighted by Gasteiger charge is -2.03. The Morgan fingerprint density at radius 1 is 1.23 bits per heavy atom. The van der Waals surface area contributed by atoms with Gasteiger partial charge in [-0.3, -0.25) is 0 Å². The molecule has 0 fully saturated rings. The van der Waals surface area contributed by atoms with Gasteiger partial charge in [0, 0.05) is 11.8 Å². The van der Waals surface area contributed by atoms with Gasteiger partial charge in [-0.25, -0.2) is 4.98 Å². The minimum Gasteiger partial charge on any atom is -0.454 e. The fraction of sp³-hybridized carbons (Fsp3) is 0.176. The number of rotatable bonds is 2. The van der Waals surface area contributed by atoms with Crippen molar-refractivity contribution in [2.24, 2.45) is 0 Å². The van der Waals surface area contributed by atoms with E-state index in [1.807, 2.05) is 47.9 Å². The molecule has 108 valence electrons. The third-order valence-electron chi connectivity index (χ3n) is 3.77. The van der Waals surface area contributed by atoms with Gasteiger partial charge in [0.25, 0.3) is 0 Å². The van der Waals surface area contributed by atoms with Crippen LogP contribution in [-0.2, 0) is 6.42 Å². The van der Waals surface area contributed by atoms with Gasteiger partial charge in [-0.15, -0.1) is 0 Å². The molecule has 0 bridgehead atoms. The Bertz CT molecular complexity index is 922. The van der Waals surface area contributed by atoms with E-state index in [9.17, 15) is 0 Å². The Hall–Kier alpha value is -3.00. The molecule has 3 aromatic rings. The Morgan fingerprint density at radius 2 is 2.09 bits per heavy atom. The molecule has 0 saturated carbocycles. The molecular weight excluding hydrogens is 278 g/mol. The lowest BCUT2D eigenvalue weighted by molar-refractivity contribution is 0.174. The van der Waals surface area contributed by atoms with Gasteiger partial charge in [0.1, 0.15) is 5.65 Å². The molecule has 0 amide bonds. The largest absolute Gasteiger partial charge is 0.454 e. The fourth-order valence-corrected chi connectivity index (χ4v) is 2.72. The van der Waals surface area contributed by atoms with Crippen LogP contribution in [-0.4, -0.2) is 16.2 Å². The predicted octanol–water partition coefficient (Wildman–Crippen LogP) is 3.10. The van der Waals surface area contributed by atoms with Crippen molar-refractivity contribution in [1.29, 1.82) is 5.26 Å². The van der Waals surface area contributed by atoms with E-state index in [1.165, 1.54) is 0 Å². The van der Waals surface area contributed by atoms with Gasteiger partial charge in [-0.05, 0) is 42.8 Å². The second-order valence-corrected chi connectivity index (χ2v) is 5.24. The Balaban J connectivity index is 1.94. The Labute approximate surface area is 127 Å². The van der Waals surface area contributed by atoms with Gasteiger partial charge >= 0.3 is 0 Å². The molecule has 2 aromatic heterocycles. The molecular formula is C17H13N3O2. The minimum absolute atomic E-state index is 0.244. The highest BCUT2D eigenvalue weighted by molar-refractivity contribution is 5.70. The highest BCUT2D eigenvalue weighted by Gasteiger charge is 2.18. The number of aromatic nitrogens is 2. The molecule has 0 spiro atoms. The number of fused-ring (bicyclic) bond motifs is 2. The van der Waals surface area contributed by atoms with Crippen LogP contribution in [0.15, 0.2) is 36.5 Å². The number of hydrogen-bond donors (Lipinski definition) is 0. The first kappa shape index (κ1) is 12.7. The minimum atomic E-state index is 0.244. The lowest BCUT2D eigenvalue weighted by Crippen LogP contribution is -1.93. The molecule has 5 heteroatoms. The Morgan fingerprint density at radius 3 is 2.95 bits per heavy atom. The Kier molecular flexibility index (Phi) is 2.76. The van der Waals surface area contributed by atoms with Gasteiger partial charge in [-0.2, -0.15) is 5.26 Å². The van der Waals surface area contributed by atoms with Crippen molar-refractivity contribution >= 4 is 5.65 Å². The van der Waals surface area contributed by atoms with Gasteiger partial charge in [0.05, 0.1) is 23.9 Å². The summed E-state index contributed by atoms with van der Waals surface area (Å²) in [5.41, 5.74) is 4.61. The fourth-order valence-electron chi connectivity index (χ4n) is 2.72. The van der Waals surface area contributed by atoms with E-state index in [4.69, 9.17) is 19.7 Å². The van der Waals surface area contributed by atoms with Crippen molar-refractivity contribution in [2.75, 3.05) is 6.79 Å². The van der Waals surface area contributed by atoms with E-state index in [0.29, 0.717) is 12.2 Å². The van der Waals surface area contributed by atoms with Crippen LogP contribution in [0, 0.1) is 18.3 Å². The number of hydrogen-bond acceptors (Lipinski definition) is 4. The molecule has 4 rings (SSSR count). The number of imidazole rings is 1. The van der Waals surface area contributed by atoms with Crippen molar-refractivity contribution in [2.45, 2.75) is 13.3 Å². The van der Waals surface area contributed by atoms with Gasteiger partial charge in [0.2, 0.25) is 6.79 Å². The maximum absolute atomic E-state index is 9.14. The molecule has 0 aliphatic carbocycles. The van der Waals surface area contributed by atoms with Crippen molar-refractivity contribution in [3.63, 3.8) is 0 Å². The molecule has 5 nitrogen and oxygen atoms in total. The quantitative estimate of drug-likeness (QED) is 0.728. The molecule has 3 heterocycles. The normalized spacial score (nSPS) is 12.5.